The van der Waals surface area contributed by atoms with Crippen LogP contribution in [-0.4, -0.2) is 48.5 Å². The molecule has 1 atom stereocenters. The highest BCUT2D eigenvalue weighted by atomic mass is 19.4. The first-order chi connectivity index (χ1) is 10.5. The lowest BCUT2D eigenvalue weighted by atomic mass is 10.2. The molecule has 1 unspecified atom stereocenters. The van der Waals surface area contributed by atoms with Gasteiger partial charge in [0.2, 0.25) is 0 Å². The second kappa shape index (κ2) is 7.44. The van der Waals surface area contributed by atoms with Gasteiger partial charge in [-0.05, 0) is 18.6 Å². The summed E-state index contributed by atoms with van der Waals surface area (Å²) in [5.41, 5.74) is 0.453. The molecule has 0 fully saturated rings. The predicted molar refractivity (Wildman–Crippen MR) is 71.5 cm³/mol. The van der Waals surface area contributed by atoms with Gasteiger partial charge in [-0.1, -0.05) is 6.07 Å². The van der Waals surface area contributed by atoms with Crippen molar-refractivity contribution in [2.75, 3.05) is 18.9 Å². The average molecular weight is 342 g/mol. The van der Waals surface area contributed by atoms with Gasteiger partial charge >= 0.3 is 18.8 Å². The number of aliphatic hydroxyl groups is 1. The highest BCUT2D eigenvalue weighted by Crippen LogP contribution is 2.25. The molecule has 0 bridgehead atoms. The summed E-state index contributed by atoms with van der Waals surface area (Å²) in [4.78, 5) is 12.4. The quantitative estimate of drug-likeness (QED) is 0.809. The highest BCUT2D eigenvalue weighted by molar-refractivity contribution is 5.89. The smallest absolute Gasteiger partial charge is 0.416 e. The number of urea groups is 1. The van der Waals surface area contributed by atoms with Gasteiger partial charge in [0, 0.05) is 18.8 Å². The van der Waals surface area contributed by atoms with Gasteiger partial charge in [-0.15, -0.1) is 0 Å². The van der Waals surface area contributed by atoms with Crippen LogP contribution in [0.4, 0.5) is 32.4 Å². The molecule has 130 valence electrons. The number of halogens is 5. The third-order valence-corrected chi connectivity index (χ3v) is 2.83. The number of nitrogens with one attached hydrogen (secondary N) is 1. The van der Waals surface area contributed by atoms with Gasteiger partial charge in [0.05, 0.1) is 6.54 Å². The standard InChI is InChI=1S/C13H15F5N2O3/c1-7-3-4-8(5-9(7)23-11(14)15)19-12(22)20(2)6-10(21)13(16,17)18/h3-5,10-11,21H,6H2,1-2H3,(H,19,22). The second-order valence-corrected chi connectivity index (χ2v) is 4.73. The lowest BCUT2D eigenvalue weighted by molar-refractivity contribution is -0.205. The Morgan fingerprint density at radius 1 is 1.39 bits per heavy atom. The van der Waals surface area contributed by atoms with Gasteiger partial charge in [-0.3, -0.25) is 0 Å². The van der Waals surface area contributed by atoms with E-state index >= 15 is 0 Å². The van der Waals surface area contributed by atoms with Crippen molar-refractivity contribution in [2.45, 2.75) is 25.8 Å². The zero-order valence-corrected chi connectivity index (χ0v) is 12.2. The monoisotopic (exact) mass is 342 g/mol. The van der Waals surface area contributed by atoms with Crippen LogP contribution in [0.1, 0.15) is 5.56 Å². The number of likely N-dealkylation sites (N-methyl/N-ethyl adjacent to an activating group) is 1. The second-order valence-electron chi connectivity index (χ2n) is 4.73. The summed E-state index contributed by atoms with van der Waals surface area (Å²) in [6.45, 7) is -2.51. The summed E-state index contributed by atoms with van der Waals surface area (Å²) in [7, 11) is 1.05. The molecule has 2 amide bonds. The molecule has 0 aliphatic carbocycles. The maximum Gasteiger partial charge on any atom is 0.416 e. The molecule has 1 aromatic rings. The maximum absolute atomic E-state index is 12.2. The van der Waals surface area contributed by atoms with Crippen LogP contribution in [-0.2, 0) is 0 Å². The number of anilines is 1. The SMILES string of the molecule is Cc1ccc(NC(=O)N(C)CC(O)C(F)(F)F)cc1OC(F)F. The Labute approximate surface area is 128 Å². The van der Waals surface area contributed by atoms with Gasteiger partial charge < -0.3 is 20.1 Å². The lowest BCUT2D eigenvalue weighted by Crippen LogP contribution is -2.43. The topological polar surface area (TPSA) is 61.8 Å². The van der Waals surface area contributed by atoms with Gasteiger partial charge in [-0.2, -0.15) is 22.0 Å². The molecule has 2 N–H and O–H groups in total. The Hall–Kier alpha value is -2.10. The van der Waals surface area contributed by atoms with Crippen LogP contribution in [0.15, 0.2) is 18.2 Å². The molecule has 0 saturated carbocycles. The first-order valence-electron chi connectivity index (χ1n) is 6.33. The van der Waals surface area contributed by atoms with Crippen LogP contribution >= 0.6 is 0 Å². The number of alkyl halides is 5. The molecule has 0 aliphatic heterocycles. The molecule has 5 nitrogen and oxygen atoms in total. The number of nitrogens with zero attached hydrogens (tertiary/aromatic N) is 1. The maximum atomic E-state index is 12.2. The third-order valence-electron chi connectivity index (χ3n) is 2.83. The third kappa shape index (κ3) is 5.89. The summed E-state index contributed by atoms with van der Waals surface area (Å²) in [5, 5.41) is 11.1. The van der Waals surface area contributed by atoms with E-state index in [1.807, 2.05) is 0 Å². The number of benzene rings is 1. The van der Waals surface area contributed by atoms with E-state index in [4.69, 9.17) is 5.11 Å². The van der Waals surface area contributed by atoms with Gasteiger partial charge in [0.1, 0.15) is 5.75 Å². The number of rotatable bonds is 5. The van der Waals surface area contributed by atoms with Crippen LogP contribution < -0.4 is 10.1 Å². The average Bonchev–Trinajstić information content (AvgIpc) is 2.40. The van der Waals surface area contributed by atoms with Gasteiger partial charge in [0.25, 0.3) is 0 Å². The number of carbonyl (C=O) groups excluding carboxylic acids is 1. The molecule has 10 heteroatoms. The normalized spacial score (nSPS) is 12.9. The molecular weight excluding hydrogens is 327 g/mol. The number of carbonyl (C=O) groups is 1. The summed E-state index contributed by atoms with van der Waals surface area (Å²) >= 11 is 0. The molecule has 0 heterocycles. The summed E-state index contributed by atoms with van der Waals surface area (Å²) < 4.78 is 65.4. The minimum atomic E-state index is -4.85. The molecule has 1 aromatic carbocycles. The molecule has 23 heavy (non-hydrogen) atoms. The highest BCUT2D eigenvalue weighted by Gasteiger charge is 2.39. The zero-order valence-electron chi connectivity index (χ0n) is 12.2. The van der Waals surface area contributed by atoms with E-state index in [9.17, 15) is 26.7 Å². The van der Waals surface area contributed by atoms with E-state index in [0.29, 0.717) is 10.5 Å². The number of aryl methyl sites for hydroxylation is 1. The Balaban J connectivity index is 2.73. The Morgan fingerprint density at radius 3 is 2.52 bits per heavy atom. The number of amides is 2. The van der Waals surface area contributed by atoms with Crippen molar-refractivity contribution in [1.82, 2.24) is 4.90 Å². The molecule has 0 spiro atoms. The number of ether oxygens (including phenoxy) is 1. The van der Waals surface area contributed by atoms with Crippen molar-refractivity contribution in [3.63, 3.8) is 0 Å². The van der Waals surface area contributed by atoms with Crippen LogP contribution in [0.5, 0.6) is 5.75 Å². The molecule has 0 aromatic heterocycles. The van der Waals surface area contributed by atoms with E-state index in [2.05, 4.69) is 10.1 Å². The van der Waals surface area contributed by atoms with Crippen LogP contribution in [0.2, 0.25) is 0 Å². The first-order valence-corrected chi connectivity index (χ1v) is 6.33. The van der Waals surface area contributed by atoms with Crippen molar-refractivity contribution in [1.29, 1.82) is 0 Å². The van der Waals surface area contributed by atoms with E-state index < -0.39 is 31.5 Å². The van der Waals surface area contributed by atoms with Crippen molar-refractivity contribution < 1.29 is 36.6 Å². The Kier molecular flexibility index (Phi) is 6.13. The number of hydrogen-bond acceptors (Lipinski definition) is 3. The minimum Gasteiger partial charge on any atom is -0.434 e. The number of hydrogen-bond donors (Lipinski definition) is 2. The summed E-state index contributed by atoms with van der Waals surface area (Å²) in [5.74, 6) is -0.171. The zero-order chi connectivity index (χ0) is 17.8. The summed E-state index contributed by atoms with van der Waals surface area (Å²) in [6, 6.07) is 2.95. The van der Waals surface area contributed by atoms with Crippen molar-refractivity contribution in [3.05, 3.63) is 23.8 Å². The Bertz CT molecular complexity index is 551. The van der Waals surface area contributed by atoms with Crippen LogP contribution in [0.3, 0.4) is 0 Å². The van der Waals surface area contributed by atoms with E-state index in [-0.39, 0.29) is 11.4 Å². The molecular formula is C13H15F5N2O3. The fourth-order valence-electron chi connectivity index (χ4n) is 1.57. The van der Waals surface area contributed by atoms with E-state index in [0.717, 1.165) is 13.1 Å². The fraction of sp³-hybridized carbons (Fsp3) is 0.462. The van der Waals surface area contributed by atoms with E-state index in [1.54, 1.807) is 0 Å². The largest absolute Gasteiger partial charge is 0.434 e. The van der Waals surface area contributed by atoms with Crippen molar-refractivity contribution in [3.8, 4) is 5.75 Å². The van der Waals surface area contributed by atoms with Crippen LogP contribution in [0, 0.1) is 6.92 Å². The molecule has 0 saturated heterocycles. The van der Waals surface area contributed by atoms with Gasteiger partial charge in [0.15, 0.2) is 6.10 Å². The number of aliphatic hydroxyl groups excluding tert-OH is 1. The first kappa shape index (κ1) is 18.9. The minimum absolute atomic E-state index is 0.0598. The van der Waals surface area contributed by atoms with Crippen molar-refractivity contribution >= 4 is 11.7 Å². The Morgan fingerprint density at radius 2 is 2.00 bits per heavy atom. The summed E-state index contributed by atoms with van der Waals surface area (Å²) in [6.07, 6.45) is -7.54. The van der Waals surface area contributed by atoms with Gasteiger partial charge in [-0.25, -0.2) is 4.79 Å². The van der Waals surface area contributed by atoms with Crippen molar-refractivity contribution in [2.24, 2.45) is 0 Å². The fourth-order valence-corrected chi connectivity index (χ4v) is 1.57. The predicted octanol–water partition coefficient (Wildman–Crippen LogP) is 2.98. The van der Waals surface area contributed by atoms with Crippen LogP contribution in [0.25, 0.3) is 0 Å². The molecule has 0 aliphatic rings. The lowest BCUT2D eigenvalue weighted by Gasteiger charge is -2.23. The molecule has 0 radical (unpaired) electrons. The molecule has 1 rings (SSSR count). The van der Waals surface area contributed by atoms with E-state index in [1.165, 1.54) is 19.1 Å².